The topological polar surface area (TPSA) is 26.0 Å². The van der Waals surface area contributed by atoms with Crippen molar-refractivity contribution in [2.24, 2.45) is 17.6 Å². The summed E-state index contributed by atoms with van der Waals surface area (Å²) in [7, 11) is 0. The zero-order valence-electron chi connectivity index (χ0n) is 5.84. The van der Waals surface area contributed by atoms with Crippen LogP contribution in [0.4, 0.5) is 0 Å². The Bertz CT molecular complexity index is 111. The molecular weight excluding hydrogens is 110 g/mol. The molecule has 1 unspecified atom stereocenters. The third kappa shape index (κ3) is 0.787. The van der Waals surface area contributed by atoms with Crippen LogP contribution in [0.1, 0.15) is 32.1 Å². The maximum atomic E-state index is 5.92. The van der Waals surface area contributed by atoms with E-state index in [1.165, 1.54) is 32.1 Å². The van der Waals surface area contributed by atoms with E-state index in [2.05, 4.69) is 0 Å². The van der Waals surface area contributed by atoms with Crippen LogP contribution in [0.3, 0.4) is 0 Å². The fraction of sp³-hybridized carbons (Fsp3) is 1.00. The Morgan fingerprint density at radius 2 is 1.89 bits per heavy atom. The molecule has 0 aromatic heterocycles. The third-order valence-electron chi connectivity index (χ3n) is 3.14. The van der Waals surface area contributed by atoms with E-state index in [9.17, 15) is 0 Å². The smallest absolute Gasteiger partial charge is 0.00699 e. The molecule has 0 spiro atoms. The van der Waals surface area contributed by atoms with Crippen LogP contribution in [0.5, 0.6) is 0 Å². The fourth-order valence-electron chi connectivity index (χ4n) is 2.61. The van der Waals surface area contributed by atoms with Gasteiger partial charge in [0.1, 0.15) is 0 Å². The zero-order chi connectivity index (χ0) is 6.27. The average Bonchev–Trinajstić information content (AvgIpc) is 2.35. The highest BCUT2D eigenvalue weighted by Gasteiger charge is 2.36. The molecule has 0 bridgehead atoms. The summed E-state index contributed by atoms with van der Waals surface area (Å²) in [5.74, 6) is 1.95. The standard InChI is InChI=1S/C8H15N/c9-8-5-4-6-2-1-3-7(6)8/h6-8H,1-5,9H2/t6-,7+,8?/m0/s1. The van der Waals surface area contributed by atoms with Crippen LogP contribution >= 0.6 is 0 Å². The summed E-state index contributed by atoms with van der Waals surface area (Å²) in [6.45, 7) is 0. The van der Waals surface area contributed by atoms with E-state index < -0.39 is 0 Å². The van der Waals surface area contributed by atoms with E-state index in [0.29, 0.717) is 6.04 Å². The number of nitrogens with two attached hydrogens (primary N) is 1. The molecule has 3 atom stereocenters. The molecule has 0 aromatic carbocycles. The van der Waals surface area contributed by atoms with E-state index in [-0.39, 0.29) is 0 Å². The van der Waals surface area contributed by atoms with Gasteiger partial charge in [0.15, 0.2) is 0 Å². The van der Waals surface area contributed by atoms with Crippen molar-refractivity contribution in [1.29, 1.82) is 0 Å². The van der Waals surface area contributed by atoms with Gasteiger partial charge in [0, 0.05) is 6.04 Å². The highest BCUT2D eigenvalue weighted by molar-refractivity contribution is 4.91. The van der Waals surface area contributed by atoms with Crippen molar-refractivity contribution >= 4 is 0 Å². The summed E-state index contributed by atoms with van der Waals surface area (Å²) in [5, 5.41) is 0. The lowest BCUT2D eigenvalue weighted by molar-refractivity contribution is 0.421. The van der Waals surface area contributed by atoms with Crippen molar-refractivity contribution in [3.8, 4) is 0 Å². The molecule has 2 aliphatic carbocycles. The highest BCUT2D eigenvalue weighted by Crippen LogP contribution is 2.42. The van der Waals surface area contributed by atoms with Gasteiger partial charge in [0.25, 0.3) is 0 Å². The molecule has 0 radical (unpaired) electrons. The Morgan fingerprint density at radius 3 is 2.67 bits per heavy atom. The van der Waals surface area contributed by atoms with E-state index in [1.54, 1.807) is 0 Å². The second kappa shape index (κ2) is 1.98. The van der Waals surface area contributed by atoms with Gasteiger partial charge in [-0.15, -0.1) is 0 Å². The Morgan fingerprint density at radius 1 is 1.00 bits per heavy atom. The summed E-state index contributed by atoms with van der Waals surface area (Å²) >= 11 is 0. The first kappa shape index (κ1) is 5.72. The Labute approximate surface area is 56.6 Å². The second-order valence-corrected chi connectivity index (χ2v) is 3.60. The Balaban J connectivity index is 2.07. The molecule has 52 valence electrons. The van der Waals surface area contributed by atoms with Gasteiger partial charge in [-0.05, 0) is 31.1 Å². The molecule has 0 heterocycles. The van der Waals surface area contributed by atoms with Gasteiger partial charge in [-0.2, -0.15) is 0 Å². The van der Waals surface area contributed by atoms with Gasteiger partial charge in [0.2, 0.25) is 0 Å². The Hall–Kier alpha value is -0.0400. The van der Waals surface area contributed by atoms with Gasteiger partial charge in [-0.3, -0.25) is 0 Å². The van der Waals surface area contributed by atoms with Crippen LogP contribution < -0.4 is 5.73 Å². The third-order valence-corrected chi connectivity index (χ3v) is 3.14. The van der Waals surface area contributed by atoms with Crippen LogP contribution in [-0.4, -0.2) is 6.04 Å². The number of hydrogen-bond acceptors (Lipinski definition) is 1. The first-order valence-electron chi connectivity index (χ1n) is 4.13. The van der Waals surface area contributed by atoms with Crippen molar-refractivity contribution < 1.29 is 0 Å². The van der Waals surface area contributed by atoms with Crippen LogP contribution in [0.25, 0.3) is 0 Å². The summed E-state index contributed by atoms with van der Waals surface area (Å²) < 4.78 is 0. The van der Waals surface area contributed by atoms with Gasteiger partial charge in [-0.25, -0.2) is 0 Å². The van der Waals surface area contributed by atoms with Gasteiger partial charge in [-0.1, -0.05) is 12.8 Å². The summed E-state index contributed by atoms with van der Waals surface area (Å²) in [6, 6.07) is 0.567. The molecule has 1 nitrogen and oxygen atoms in total. The molecule has 2 rings (SSSR count). The zero-order valence-corrected chi connectivity index (χ0v) is 5.84. The minimum absolute atomic E-state index is 0.567. The quantitative estimate of drug-likeness (QED) is 0.522. The van der Waals surface area contributed by atoms with Gasteiger partial charge < -0.3 is 5.73 Å². The highest BCUT2D eigenvalue weighted by atomic mass is 14.7. The summed E-state index contributed by atoms with van der Waals surface area (Å²) in [6.07, 6.45) is 7.06. The molecule has 9 heavy (non-hydrogen) atoms. The predicted octanol–water partition coefficient (Wildman–Crippen LogP) is 1.52. The van der Waals surface area contributed by atoms with Crippen molar-refractivity contribution in [2.75, 3.05) is 0 Å². The van der Waals surface area contributed by atoms with Crippen LogP contribution in [0, 0.1) is 11.8 Å². The lowest BCUT2D eigenvalue weighted by atomic mass is 9.98. The number of rotatable bonds is 0. The lowest BCUT2D eigenvalue weighted by Gasteiger charge is -2.11. The van der Waals surface area contributed by atoms with Crippen LogP contribution in [-0.2, 0) is 0 Å². The molecule has 0 amide bonds. The van der Waals surface area contributed by atoms with Crippen molar-refractivity contribution in [1.82, 2.24) is 0 Å². The van der Waals surface area contributed by atoms with E-state index in [1.807, 2.05) is 0 Å². The summed E-state index contributed by atoms with van der Waals surface area (Å²) in [5.41, 5.74) is 5.92. The lowest BCUT2D eigenvalue weighted by Crippen LogP contribution is -2.24. The van der Waals surface area contributed by atoms with Crippen molar-refractivity contribution in [3.05, 3.63) is 0 Å². The molecule has 2 N–H and O–H groups in total. The molecule has 0 saturated heterocycles. The first-order chi connectivity index (χ1) is 4.38. The number of hydrogen-bond donors (Lipinski definition) is 1. The molecule has 2 aliphatic rings. The SMILES string of the molecule is NC1CC[C@@H]2CCC[C@@H]12. The number of fused-ring (bicyclic) bond motifs is 1. The first-order valence-corrected chi connectivity index (χ1v) is 4.13. The maximum absolute atomic E-state index is 5.92. The normalized spacial score (nSPS) is 49.7. The van der Waals surface area contributed by atoms with Crippen LogP contribution in [0.2, 0.25) is 0 Å². The Kier molecular flexibility index (Phi) is 1.26. The molecule has 1 heteroatoms. The molecule has 2 saturated carbocycles. The minimum Gasteiger partial charge on any atom is -0.327 e. The predicted molar refractivity (Wildman–Crippen MR) is 38.0 cm³/mol. The van der Waals surface area contributed by atoms with Crippen molar-refractivity contribution in [2.45, 2.75) is 38.1 Å². The van der Waals surface area contributed by atoms with E-state index in [0.717, 1.165) is 11.8 Å². The van der Waals surface area contributed by atoms with Crippen molar-refractivity contribution in [3.63, 3.8) is 0 Å². The monoisotopic (exact) mass is 125 g/mol. The minimum atomic E-state index is 0.567. The fourth-order valence-corrected chi connectivity index (χ4v) is 2.61. The van der Waals surface area contributed by atoms with Crippen LogP contribution in [0.15, 0.2) is 0 Å². The van der Waals surface area contributed by atoms with Gasteiger partial charge in [0.05, 0.1) is 0 Å². The van der Waals surface area contributed by atoms with Gasteiger partial charge >= 0.3 is 0 Å². The maximum Gasteiger partial charge on any atom is 0.00699 e. The molecule has 0 aliphatic heterocycles. The largest absolute Gasteiger partial charge is 0.327 e. The van der Waals surface area contributed by atoms with E-state index in [4.69, 9.17) is 5.73 Å². The molecule has 2 fully saturated rings. The molecular formula is C8H15N. The second-order valence-electron chi connectivity index (χ2n) is 3.60. The summed E-state index contributed by atoms with van der Waals surface area (Å²) in [4.78, 5) is 0. The molecule has 0 aromatic rings. The average molecular weight is 125 g/mol. The van der Waals surface area contributed by atoms with E-state index >= 15 is 0 Å².